The van der Waals surface area contributed by atoms with Crippen molar-refractivity contribution in [2.45, 2.75) is 38.6 Å². The summed E-state index contributed by atoms with van der Waals surface area (Å²) >= 11 is 0. The zero-order valence-corrected chi connectivity index (χ0v) is 12.3. The predicted molar refractivity (Wildman–Crippen MR) is 79.3 cm³/mol. The highest BCUT2D eigenvalue weighted by atomic mass is 16.6. The number of carbonyl (C=O) groups is 1. The van der Waals surface area contributed by atoms with Crippen LogP contribution in [0.15, 0.2) is 12.3 Å². The average Bonchev–Trinajstić information content (AvgIpc) is 2.46. The maximum absolute atomic E-state index is 12.3. The Morgan fingerprint density at radius 2 is 2.24 bits per heavy atom. The molecule has 21 heavy (non-hydrogen) atoms. The van der Waals surface area contributed by atoms with E-state index in [1.807, 2.05) is 0 Å². The van der Waals surface area contributed by atoms with E-state index >= 15 is 0 Å². The molecule has 0 radical (unpaired) electrons. The van der Waals surface area contributed by atoms with Crippen molar-refractivity contribution in [2.75, 3.05) is 12.4 Å². The molecule has 2 N–H and O–H groups in total. The van der Waals surface area contributed by atoms with E-state index in [1.54, 1.807) is 7.05 Å². The predicted octanol–water partition coefficient (Wildman–Crippen LogP) is 2.34. The lowest BCUT2D eigenvalue weighted by molar-refractivity contribution is -0.385. The van der Waals surface area contributed by atoms with E-state index in [9.17, 15) is 14.9 Å². The third-order valence-electron chi connectivity index (χ3n) is 3.85. The molecular weight excluding hydrogens is 272 g/mol. The van der Waals surface area contributed by atoms with Gasteiger partial charge in [-0.15, -0.1) is 0 Å². The molecule has 1 amide bonds. The summed E-state index contributed by atoms with van der Waals surface area (Å²) in [7, 11) is 1.65. The van der Waals surface area contributed by atoms with Gasteiger partial charge in [-0.25, -0.2) is 4.98 Å². The van der Waals surface area contributed by atoms with Gasteiger partial charge in [-0.1, -0.05) is 19.8 Å². The first-order chi connectivity index (χ1) is 10.0. The van der Waals surface area contributed by atoms with Crippen LogP contribution in [0.5, 0.6) is 0 Å². The van der Waals surface area contributed by atoms with Crippen LogP contribution in [0.3, 0.4) is 0 Å². The number of hydrogen-bond donors (Lipinski definition) is 2. The summed E-state index contributed by atoms with van der Waals surface area (Å²) < 4.78 is 0. The summed E-state index contributed by atoms with van der Waals surface area (Å²) in [5, 5.41) is 16.7. The number of anilines is 1. The summed E-state index contributed by atoms with van der Waals surface area (Å²) in [4.78, 5) is 26.7. The molecule has 114 valence electrons. The first-order valence-electron chi connectivity index (χ1n) is 7.14. The maximum atomic E-state index is 12.3. The zero-order chi connectivity index (χ0) is 15.4. The van der Waals surface area contributed by atoms with Gasteiger partial charge < -0.3 is 10.6 Å². The number of hydrogen-bond acceptors (Lipinski definition) is 5. The van der Waals surface area contributed by atoms with Crippen molar-refractivity contribution in [2.24, 2.45) is 5.92 Å². The van der Waals surface area contributed by atoms with E-state index in [0.29, 0.717) is 11.7 Å². The van der Waals surface area contributed by atoms with Gasteiger partial charge in [-0.2, -0.15) is 0 Å². The minimum absolute atomic E-state index is 0.0533. The van der Waals surface area contributed by atoms with E-state index in [0.717, 1.165) is 25.5 Å². The van der Waals surface area contributed by atoms with E-state index in [2.05, 4.69) is 22.5 Å². The van der Waals surface area contributed by atoms with E-state index < -0.39 is 10.8 Å². The Hall–Kier alpha value is -2.18. The van der Waals surface area contributed by atoms with E-state index in [1.165, 1.54) is 12.5 Å². The van der Waals surface area contributed by atoms with E-state index in [4.69, 9.17) is 0 Å². The monoisotopic (exact) mass is 292 g/mol. The normalized spacial score (nSPS) is 21.6. The van der Waals surface area contributed by atoms with Crippen molar-refractivity contribution >= 4 is 17.4 Å². The summed E-state index contributed by atoms with van der Waals surface area (Å²) in [6.07, 6.45) is 5.21. The lowest BCUT2D eigenvalue weighted by Gasteiger charge is -2.27. The third kappa shape index (κ3) is 3.68. The van der Waals surface area contributed by atoms with Crippen molar-refractivity contribution in [3.63, 3.8) is 0 Å². The van der Waals surface area contributed by atoms with Crippen molar-refractivity contribution in [3.8, 4) is 0 Å². The number of rotatable bonds is 4. The fourth-order valence-corrected chi connectivity index (χ4v) is 2.74. The summed E-state index contributed by atoms with van der Waals surface area (Å²) in [6.45, 7) is 2.16. The first kappa shape index (κ1) is 15.2. The largest absolute Gasteiger partial charge is 0.373 e. The summed E-state index contributed by atoms with van der Waals surface area (Å²) in [5.74, 6) is 0.604. The molecule has 1 aliphatic carbocycles. The third-order valence-corrected chi connectivity index (χ3v) is 3.85. The van der Waals surface area contributed by atoms with Gasteiger partial charge in [0, 0.05) is 19.2 Å². The number of pyridine rings is 1. The number of carbonyl (C=O) groups excluding carboxylic acids is 1. The second-order valence-electron chi connectivity index (χ2n) is 5.54. The molecule has 0 bridgehead atoms. The zero-order valence-electron chi connectivity index (χ0n) is 12.3. The SMILES string of the molecule is CNc1cc(C(=O)NC2CCCC(C)C2)c([N+](=O)[O-])cn1. The number of aromatic nitrogens is 1. The minimum atomic E-state index is -0.579. The van der Waals surface area contributed by atoms with Gasteiger partial charge in [0.1, 0.15) is 17.6 Å². The van der Waals surface area contributed by atoms with Gasteiger partial charge in [0.05, 0.1) is 4.92 Å². The van der Waals surface area contributed by atoms with Crippen molar-refractivity contribution in [1.29, 1.82) is 0 Å². The Morgan fingerprint density at radius 3 is 2.86 bits per heavy atom. The lowest BCUT2D eigenvalue weighted by atomic mass is 9.87. The van der Waals surface area contributed by atoms with Gasteiger partial charge >= 0.3 is 0 Å². The van der Waals surface area contributed by atoms with Gasteiger partial charge in [0.2, 0.25) is 0 Å². The fraction of sp³-hybridized carbons (Fsp3) is 0.571. The molecule has 1 fully saturated rings. The molecule has 2 rings (SSSR count). The summed E-state index contributed by atoms with van der Waals surface area (Å²) in [5.41, 5.74) is -0.215. The highest BCUT2D eigenvalue weighted by Crippen LogP contribution is 2.25. The molecule has 1 aromatic rings. The molecule has 1 saturated carbocycles. The van der Waals surface area contributed by atoms with Crippen LogP contribution in [0.25, 0.3) is 0 Å². The lowest BCUT2D eigenvalue weighted by Crippen LogP contribution is -2.38. The molecule has 0 spiro atoms. The summed E-state index contributed by atoms with van der Waals surface area (Å²) in [6, 6.07) is 1.51. The topological polar surface area (TPSA) is 97.2 Å². The minimum Gasteiger partial charge on any atom is -0.373 e. The quantitative estimate of drug-likeness (QED) is 0.655. The van der Waals surface area contributed by atoms with Gasteiger partial charge in [0.15, 0.2) is 0 Å². The Morgan fingerprint density at radius 1 is 1.48 bits per heavy atom. The van der Waals surface area contributed by atoms with Gasteiger partial charge in [0.25, 0.3) is 11.6 Å². The Labute approximate surface area is 123 Å². The van der Waals surface area contributed by atoms with Gasteiger partial charge in [-0.3, -0.25) is 14.9 Å². The standard InChI is InChI=1S/C14H20N4O3/c1-9-4-3-5-10(6-9)17-14(19)11-7-13(15-2)16-8-12(11)18(20)21/h7-10H,3-6H2,1-2H3,(H,15,16)(H,17,19). The molecule has 0 aliphatic heterocycles. The molecule has 7 heteroatoms. The van der Waals surface area contributed by atoms with Crippen molar-refractivity contribution in [1.82, 2.24) is 10.3 Å². The van der Waals surface area contributed by atoms with Crippen LogP contribution in [0, 0.1) is 16.0 Å². The maximum Gasteiger partial charge on any atom is 0.300 e. The molecule has 2 unspecified atom stereocenters. The van der Waals surface area contributed by atoms with Crippen LogP contribution in [-0.2, 0) is 0 Å². The highest BCUT2D eigenvalue weighted by Gasteiger charge is 2.25. The molecule has 1 aromatic heterocycles. The van der Waals surface area contributed by atoms with E-state index in [-0.39, 0.29) is 17.3 Å². The molecule has 0 saturated heterocycles. The smallest absolute Gasteiger partial charge is 0.300 e. The number of nitro groups is 1. The molecular formula is C14H20N4O3. The Bertz CT molecular complexity index is 547. The van der Waals surface area contributed by atoms with Crippen LogP contribution in [0.1, 0.15) is 43.0 Å². The van der Waals surface area contributed by atoms with Crippen molar-refractivity contribution < 1.29 is 9.72 Å². The Kier molecular flexibility index (Phi) is 4.72. The first-order valence-corrected chi connectivity index (χ1v) is 7.14. The number of amides is 1. The highest BCUT2D eigenvalue weighted by molar-refractivity contribution is 5.98. The molecule has 1 aliphatic rings. The van der Waals surface area contributed by atoms with Crippen LogP contribution in [-0.4, -0.2) is 28.9 Å². The fourth-order valence-electron chi connectivity index (χ4n) is 2.74. The molecule has 1 heterocycles. The molecule has 2 atom stereocenters. The average molecular weight is 292 g/mol. The molecule has 0 aromatic carbocycles. The number of nitrogens with zero attached hydrogens (tertiary/aromatic N) is 2. The van der Waals surface area contributed by atoms with Crippen molar-refractivity contribution in [3.05, 3.63) is 27.9 Å². The van der Waals surface area contributed by atoms with Gasteiger partial charge in [-0.05, 0) is 18.8 Å². The Balaban J connectivity index is 2.19. The van der Waals surface area contributed by atoms with Crippen LogP contribution < -0.4 is 10.6 Å². The van der Waals surface area contributed by atoms with Crippen LogP contribution in [0.2, 0.25) is 0 Å². The molecule has 7 nitrogen and oxygen atoms in total. The second kappa shape index (κ2) is 6.51. The second-order valence-corrected chi connectivity index (χ2v) is 5.54. The van der Waals surface area contributed by atoms with Crippen LogP contribution in [0.4, 0.5) is 11.5 Å². The number of nitrogens with one attached hydrogen (secondary N) is 2. The van der Waals surface area contributed by atoms with Crippen LogP contribution >= 0.6 is 0 Å².